The van der Waals surface area contributed by atoms with E-state index in [9.17, 15) is 13.2 Å². The molecule has 0 spiro atoms. The first-order valence-electron chi connectivity index (χ1n) is 7.02. The molecule has 1 aromatic carbocycles. The standard InChI is InChI=1S/C14H21N3O3S/c1-21(19,20)17-9-4-8-16-14(18)12-7-10-15-13-6-3-2-5-11(12)13/h2-3,5-6,12,15,17H,4,7-10H2,1H3,(H,16,18). The number of nitrogens with one attached hydrogen (secondary N) is 3. The summed E-state index contributed by atoms with van der Waals surface area (Å²) in [6, 6.07) is 7.83. The summed E-state index contributed by atoms with van der Waals surface area (Å²) in [5, 5.41) is 6.16. The van der Waals surface area contributed by atoms with Crippen LogP contribution in [0.4, 0.5) is 5.69 Å². The second-order valence-electron chi connectivity index (χ2n) is 5.17. The lowest BCUT2D eigenvalue weighted by molar-refractivity contribution is -0.122. The number of carbonyl (C=O) groups excluding carboxylic acids is 1. The van der Waals surface area contributed by atoms with Gasteiger partial charge in [0.15, 0.2) is 0 Å². The number of amides is 1. The molecule has 1 aliphatic rings. The summed E-state index contributed by atoms with van der Waals surface area (Å²) in [6.07, 6.45) is 2.47. The van der Waals surface area contributed by atoms with Gasteiger partial charge in [-0.15, -0.1) is 0 Å². The van der Waals surface area contributed by atoms with Gasteiger partial charge in [0.05, 0.1) is 12.2 Å². The first-order chi connectivity index (χ1) is 9.97. The molecular formula is C14H21N3O3S. The molecule has 0 saturated carbocycles. The fourth-order valence-corrected chi connectivity index (χ4v) is 2.94. The Labute approximate surface area is 125 Å². The summed E-state index contributed by atoms with van der Waals surface area (Å²) in [5.74, 6) is -0.131. The van der Waals surface area contributed by atoms with Crippen molar-refractivity contribution in [3.8, 4) is 0 Å². The van der Waals surface area contributed by atoms with Crippen molar-refractivity contribution in [1.82, 2.24) is 10.0 Å². The van der Waals surface area contributed by atoms with Crippen LogP contribution in [0.25, 0.3) is 0 Å². The van der Waals surface area contributed by atoms with E-state index in [-0.39, 0.29) is 11.8 Å². The summed E-state index contributed by atoms with van der Waals surface area (Å²) in [7, 11) is -3.16. The van der Waals surface area contributed by atoms with Gasteiger partial charge in [0.2, 0.25) is 15.9 Å². The first-order valence-corrected chi connectivity index (χ1v) is 8.91. The molecule has 0 aromatic heterocycles. The summed E-state index contributed by atoms with van der Waals surface area (Å²) >= 11 is 0. The van der Waals surface area contributed by atoms with E-state index in [0.29, 0.717) is 19.5 Å². The molecule has 1 unspecified atom stereocenters. The lowest BCUT2D eigenvalue weighted by Gasteiger charge is -2.25. The minimum atomic E-state index is -3.16. The van der Waals surface area contributed by atoms with Crippen LogP contribution in [0, 0.1) is 0 Å². The number of sulfonamides is 1. The van der Waals surface area contributed by atoms with Gasteiger partial charge in [-0.3, -0.25) is 4.79 Å². The molecule has 116 valence electrons. The second kappa shape index (κ2) is 6.91. The zero-order valence-corrected chi connectivity index (χ0v) is 12.9. The minimum absolute atomic E-state index is 0.00306. The van der Waals surface area contributed by atoms with Crippen molar-refractivity contribution in [1.29, 1.82) is 0 Å². The lowest BCUT2D eigenvalue weighted by Crippen LogP contribution is -2.35. The van der Waals surface area contributed by atoms with Gasteiger partial charge in [-0.25, -0.2) is 13.1 Å². The third kappa shape index (κ3) is 4.71. The Balaban J connectivity index is 1.82. The van der Waals surface area contributed by atoms with Gasteiger partial charge < -0.3 is 10.6 Å². The van der Waals surface area contributed by atoms with E-state index >= 15 is 0 Å². The highest BCUT2D eigenvalue weighted by Crippen LogP contribution is 2.31. The molecule has 0 saturated heterocycles. The smallest absolute Gasteiger partial charge is 0.227 e. The maximum Gasteiger partial charge on any atom is 0.227 e. The highest BCUT2D eigenvalue weighted by molar-refractivity contribution is 7.88. The third-order valence-corrected chi connectivity index (χ3v) is 4.15. The summed E-state index contributed by atoms with van der Waals surface area (Å²) in [5.41, 5.74) is 2.04. The van der Waals surface area contributed by atoms with Gasteiger partial charge in [-0.2, -0.15) is 0 Å². The number of hydrogen-bond acceptors (Lipinski definition) is 4. The number of hydrogen-bond donors (Lipinski definition) is 3. The van der Waals surface area contributed by atoms with E-state index in [1.807, 2.05) is 24.3 Å². The van der Waals surface area contributed by atoms with E-state index in [4.69, 9.17) is 0 Å². The molecule has 1 heterocycles. The number of rotatable bonds is 6. The Hall–Kier alpha value is -1.60. The summed E-state index contributed by atoms with van der Waals surface area (Å²) in [6.45, 7) is 1.58. The zero-order valence-electron chi connectivity index (χ0n) is 12.1. The number of benzene rings is 1. The average molecular weight is 311 g/mol. The molecule has 7 heteroatoms. The Morgan fingerprint density at radius 3 is 2.86 bits per heavy atom. The van der Waals surface area contributed by atoms with Gasteiger partial charge in [0.1, 0.15) is 0 Å². The van der Waals surface area contributed by atoms with Crippen molar-refractivity contribution < 1.29 is 13.2 Å². The maximum atomic E-state index is 12.2. The molecular weight excluding hydrogens is 290 g/mol. The van der Waals surface area contributed by atoms with E-state index in [1.54, 1.807) is 0 Å². The van der Waals surface area contributed by atoms with Crippen LogP contribution in [0.5, 0.6) is 0 Å². The summed E-state index contributed by atoms with van der Waals surface area (Å²) < 4.78 is 24.2. The molecule has 1 atom stereocenters. The Kier molecular flexibility index (Phi) is 5.19. The van der Waals surface area contributed by atoms with Crippen molar-refractivity contribution >= 4 is 21.6 Å². The van der Waals surface area contributed by atoms with Crippen molar-refractivity contribution in [2.45, 2.75) is 18.8 Å². The molecule has 1 aliphatic heterocycles. The predicted molar refractivity (Wildman–Crippen MR) is 82.8 cm³/mol. The SMILES string of the molecule is CS(=O)(=O)NCCCNC(=O)C1CCNc2ccccc21. The fourth-order valence-electron chi connectivity index (χ4n) is 2.42. The molecule has 1 amide bonds. The normalized spacial score (nSPS) is 17.7. The first kappa shape index (κ1) is 15.8. The van der Waals surface area contributed by atoms with E-state index < -0.39 is 10.0 Å². The lowest BCUT2D eigenvalue weighted by atomic mass is 9.90. The van der Waals surface area contributed by atoms with Crippen LogP contribution >= 0.6 is 0 Å². The monoisotopic (exact) mass is 311 g/mol. The van der Waals surface area contributed by atoms with Crippen LogP contribution in [0.2, 0.25) is 0 Å². The van der Waals surface area contributed by atoms with Crippen LogP contribution in [0.15, 0.2) is 24.3 Å². The molecule has 2 rings (SSSR count). The number of anilines is 1. The van der Waals surface area contributed by atoms with Crippen molar-refractivity contribution in [3.63, 3.8) is 0 Å². The minimum Gasteiger partial charge on any atom is -0.385 e. The van der Waals surface area contributed by atoms with Crippen molar-refractivity contribution in [2.75, 3.05) is 31.2 Å². The maximum absolute atomic E-state index is 12.2. The average Bonchev–Trinajstić information content (AvgIpc) is 2.45. The van der Waals surface area contributed by atoms with Gasteiger partial charge in [0, 0.05) is 25.3 Å². The van der Waals surface area contributed by atoms with Crippen molar-refractivity contribution in [3.05, 3.63) is 29.8 Å². The second-order valence-corrected chi connectivity index (χ2v) is 7.00. The number of carbonyl (C=O) groups is 1. The molecule has 0 radical (unpaired) electrons. The van der Waals surface area contributed by atoms with Crippen LogP contribution in [-0.2, 0) is 14.8 Å². The molecule has 0 bridgehead atoms. The largest absolute Gasteiger partial charge is 0.385 e. The van der Waals surface area contributed by atoms with E-state index in [1.165, 1.54) is 0 Å². The van der Waals surface area contributed by atoms with Crippen LogP contribution in [0.3, 0.4) is 0 Å². The summed E-state index contributed by atoms with van der Waals surface area (Å²) in [4.78, 5) is 12.2. The third-order valence-electron chi connectivity index (χ3n) is 3.42. The molecule has 0 aliphatic carbocycles. The van der Waals surface area contributed by atoms with Crippen LogP contribution < -0.4 is 15.4 Å². The topological polar surface area (TPSA) is 87.3 Å². The Morgan fingerprint density at radius 1 is 1.33 bits per heavy atom. The van der Waals surface area contributed by atoms with Gasteiger partial charge in [-0.05, 0) is 24.5 Å². The quantitative estimate of drug-likeness (QED) is 0.673. The highest BCUT2D eigenvalue weighted by atomic mass is 32.2. The van der Waals surface area contributed by atoms with E-state index in [0.717, 1.165) is 30.5 Å². The Bertz CT molecular complexity index is 601. The molecule has 21 heavy (non-hydrogen) atoms. The number of fused-ring (bicyclic) bond motifs is 1. The van der Waals surface area contributed by atoms with Crippen molar-refractivity contribution in [2.24, 2.45) is 0 Å². The number of para-hydroxylation sites is 1. The fraction of sp³-hybridized carbons (Fsp3) is 0.500. The highest BCUT2D eigenvalue weighted by Gasteiger charge is 2.25. The Morgan fingerprint density at radius 2 is 2.10 bits per heavy atom. The molecule has 1 aromatic rings. The van der Waals surface area contributed by atoms with Crippen LogP contribution in [0.1, 0.15) is 24.3 Å². The van der Waals surface area contributed by atoms with E-state index in [2.05, 4.69) is 15.4 Å². The molecule has 0 fully saturated rings. The predicted octanol–water partition coefficient (Wildman–Crippen LogP) is 0.641. The molecule has 6 nitrogen and oxygen atoms in total. The molecule has 3 N–H and O–H groups in total. The van der Waals surface area contributed by atoms with Gasteiger partial charge >= 0.3 is 0 Å². The van der Waals surface area contributed by atoms with Gasteiger partial charge in [-0.1, -0.05) is 18.2 Å². The van der Waals surface area contributed by atoms with Crippen LogP contribution in [-0.4, -0.2) is 40.2 Å². The zero-order chi connectivity index (χ0) is 15.3. The van der Waals surface area contributed by atoms with Gasteiger partial charge in [0.25, 0.3) is 0 Å².